The summed E-state index contributed by atoms with van der Waals surface area (Å²) in [6.45, 7) is 6.88. The summed E-state index contributed by atoms with van der Waals surface area (Å²) in [5, 5.41) is 12.6. The third kappa shape index (κ3) is 5.19. The lowest BCUT2D eigenvalue weighted by atomic mass is 9.74. The van der Waals surface area contributed by atoms with Crippen LogP contribution >= 0.6 is 0 Å². The van der Waals surface area contributed by atoms with Crippen LogP contribution in [0.25, 0.3) is 6.08 Å². The van der Waals surface area contributed by atoms with Crippen molar-refractivity contribution >= 4 is 18.0 Å². The molecule has 0 radical (unpaired) electrons. The van der Waals surface area contributed by atoms with Gasteiger partial charge in [-0.2, -0.15) is 5.26 Å². The van der Waals surface area contributed by atoms with Crippen molar-refractivity contribution in [2.75, 3.05) is 11.9 Å². The van der Waals surface area contributed by atoms with Crippen LogP contribution in [0.4, 0.5) is 5.69 Å². The number of allylic oxidation sites excluding steroid dienone is 5. The quantitative estimate of drug-likeness (QED) is 0.544. The number of rotatable bonds is 7. The third-order valence-electron chi connectivity index (χ3n) is 4.54. The molecule has 130 valence electrons. The van der Waals surface area contributed by atoms with Crippen molar-refractivity contribution in [2.24, 2.45) is 5.41 Å². The van der Waals surface area contributed by atoms with E-state index < -0.39 is 0 Å². The van der Waals surface area contributed by atoms with Gasteiger partial charge >= 0.3 is 0 Å². The van der Waals surface area contributed by atoms with Crippen molar-refractivity contribution in [2.45, 2.75) is 40.0 Å². The van der Waals surface area contributed by atoms with Crippen molar-refractivity contribution in [1.82, 2.24) is 0 Å². The van der Waals surface area contributed by atoms with Gasteiger partial charge in [0.2, 0.25) is 0 Å². The molecule has 0 bridgehead atoms. The van der Waals surface area contributed by atoms with Crippen LogP contribution in [0.5, 0.6) is 0 Å². The summed E-state index contributed by atoms with van der Waals surface area (Å²) in [5.74, 6) is 0. The summed E-state index contributed by atoms with van der Waals surface area (Å²) in [6.07, 6.45) is 10.3. The minimum atomic E-state index is -0.0615. The smallest absolute Gasteiger partial charge is 0.139 e. The molecule has 2 rings (SSSR count). The molecule has 0 heterocycles. The molecule has 3 nitrogen and oxygen atoms in total. The molecule has 0 saturated carbocycles. The van der Waals surface area contributed by atoms with Crippen molar-refractivity contribution in [1.29, 1.82) is 5.26 Å². The summed E-state index contributed by atoms with van der Waals surface area (Å²) in [7, 11) is 0. The van der Waals surface area contributed by atoms with Gasteiger partial charge in [0.1, 0.15) is 6.29 Å². The number of benzene rings is 1. The summed E-state index contributed by atoms with van der Waals surface area (Å²) in [5.41, 5.74) is 5.30. The van der Waals surface area contributed by atoms with Crippen molar-refractivity contribution in [3.8, 4) is 6.07 Å². The van der Waals surface area contributed by atoms with Crippen LogP contribution in [0, 0.1) is 16.7 Å². The molecule has 0 spiro atoms. The Labute approximate surface area is 150 Å². The molecule has 0 unspecified atom stereocenters. The summed E-state index contributed by atoms with van der Waals surface area (Å²) in [4.78, 5) is 10.4. The Balaban J connectivity index is 2.15. The Hall–Kier alpha value is -2.60. The van der Waals surface area contributed by atoms with Crippen LogP contribution in [0.15, 0.2) is 53.1 Å². The van der Waals surface area contributed by atoms with Gasteiger partial charge in [0.25, 0.3) is 0 Å². The van der Waals surface area contributed by atoms with E-state index in [1.807, 2.05) is 30.3 Å². The highest BCUT2D eigenvalue weighted by Gasteiger charge is 2.26. The van der Waals surface area contributed by atoms with Gasteiger partial charge in [0.15, 0.2) is 0 Å². The van der Waals surface area contributed by atoms with Crippen LogP contribution in [-0.4, -0.2) is 12.8 Å². The first kappa shape index (κ1) is 18.7. The number of nitrogens with one attached hydrogen (secondary N) is 1. The second-order valence-electron chi connectivity index (χ2n) is 7.09. The SMILES string of the molecule is CC1=CCCC=C1C(C)(C)C/C(C#N)=C/c1ccc(NCC=O)cc1. The second-order valence-corrected chi connectivity index (χ2v) is 7.09. The van der Waals surface area contributed by atoms with E-state index >= 15 is 0 Å². The van der Waals surface area contributed by atoms with Crippen molar-refractivity contribution < 1.29 is 4.79 Å². The van der Waals surface area contributed by atoms with Crippen LogP contribution in [0.2, 0.25) is 0 Å². The van der Waals surface area contributed by atoms with Gasteiger partial charge in [-0.1, -0.05) is 43.7 Å². The lowest BCUT2D eigenvalue weighted by Gasteiger charge is -2.30. The van der Waals surface area contributed by atoms with E-state index in [1.165, 1.54) is 11.1 Å². The van der Waals surface area contributed by atoms with Crippen molar-refractivity contribution in [3.63, 3.8) is 0 Å². The largest absolute Gasteiger partial charge is 0.378 e. The maximum atomic E-state index is 10.4. The molecular weight excluding hydrogens is 308 g/mol. The number of carbonyl (C=O) groups is 1. The van der Waals surface area contributed by atoms with Gasteiger partial charge in [0, 0.05) is 11.3 Å². The monoisotopic (exact) mass is 334 g/mol. The number of hydrogen-bond acceptors (Lipinski definition) is 3. The van der Waals surface area contributed by atoms with Gasteiger partial charge in [-0.15, -0.1) is 0 Å². The van der Waals surface area contributed by atoms with E-state index in [1.54, 1.807) is 0 Å². The minimum Gasteiger partial charge on any atom is -0.378 e. The van der Waals surface area contributed by atoms with Gasteiger partial charge in [-0.3, -0.25) is 0 Å². The first-order valence-electron chi connectivity index (χ1n) is 8.72. The molecule has 0 atom stereocenters. The number of nitriles is 1. The van der Waals surface area contributed by atoms with Gasteiger partial charge in [-0.05, 0) is 60.9 Å². The highest BCUT2D eigenvalue weighted by molar-refractivity contribution is 5.63. The number of hydrogen-bond donors (Lipinski definition) is 1. The fourth-order valence-corrected chi connectivity index (χ4v) is 3.36. The zero-order chi connectivity index (χ0) is 18.3. The zero-order valence-electron chi connectivity index (χ0n) is 15.3. The standard InChI is InChI=1S/C22H26N2O/c1-17-6-4-5-7-21(17)22(2,3)15-19(16-23)14-18-8-10-20(11-9-18)24-12-13-25/h6-11,13-14,24H,4-5,12,15H2,1-3H3/b19-14-. The summed E-state index contributed by atoms with van der Waals surface area (Å²) >= 11 is 0. The highest BCUT2D eigenvalue weighted by Crippen LogP contribution is 2.39. The van der Waals surface area contributed by atoms with Crippen molar-refractivity contribution in [3.05, 3.63) is 58.7 Å². The van der Waals surface area contributed by atoms with Crippen LogP contribution in [0.3, 0.4) is 0 Å². The topological polar surface area (TPSA) is 52.9 Å². The third-order valence-corrected chi connectivity index (χ3v) is 4.54. The van der Waals surface area contributed by atoms with Crippen LogP contribution in [0.1, 0.15) is 45.6 Å². The number of carbonyl (C=O) groups excluding carboxylic acids is 1. The zero-order valence-corrected chi connectivity index (χ0v) is 15.3. The second kappa shape index (κ2) is 8.48. The van der Waals surface area contributed by atoms with Gasteiger partial charge in [-0.25, -0.2) is 0 Å². The number of aldehydes is 1. The average molecular weight is 334 g/mol. The van der Waals surface area contributed by atoms with E-state index in [0.717, 1.165) is 36.0 Å². The molecular formula is C22H26N2O. The first-order valence-corrected chi connectivity index (χ1v) is 8.72. The maximum absolute atomic E-state index is 10.4. The van der Waals surface area contributed by atoms with Crippen LogP contribution < -0.4 is 5.32 Å². The van der Waals surface area contributed by atoms with Crippen LogP contribution in [-0.2, 0) is 4.79 Å². The molecule has 3 heteroatoms. The summed E-state index contributed by atoms with van der Waals surface area (Å²) in [6, 6.07) is 10.1. The normalized spacial score (nSPS) is 15.0. The Bertz CT molecular complexity index is 743. The fraction of sp³-hybridized carbons (Fsp3) is 0.364. The predicted molar refractivity (Wildman–Crippen MR) is 104 cm³/mol. The molecule has 0 saturated heterocycles. The van der Waals surface area contributed by atoms with E-state index in [4.69, 9.17) is 0 Å². The van der Waals surface area contributed by atoms with E-state index in [9.17, 15) is 10.1 Å². The molecule has 1 N–H and O–H groups in total. The van der Waals surface area contributed by atoms with E-state index in [2.05, 4.69) is 44.3 Å². The highest BCUT2D eigenvalue weighted by atomic mass is 16.1. The minimum absolute atomic E-state index is 0.0615. The molecule has 1 aromatic rings. The molecule has 0 amide bonds. The molecule has 1 aliphatic rings. The lowest BCUT2D eigenvalue weighted by Crippen LogP contribution is -2.18. The van der Waals surface area contributed by atoms with Gasteiger partial charge in [0.05, 0.1) is 12.6 Å². The Morgan fingerprint density at radius 1 is 1.24 bits per heavy atom. The fourth-order valence-electron chi connectivity index (χ4n) is 3.36. The molecule has 0 fully saturated rings. The first-order chi connectivity index (χ1) is 12.0. The molecule has 25 heavy (non-hydrogen) atoms. The number of nitrogens with zero attached hydrogens (tertiary/aromatic N) is 1. The van der Waals surface area contributed by atoms with E-state index in [-0.39, 0.29) is 5.41 Å². The van der Waals surface area contributed by atoms with E-state index in [0.29, 0.717) is 13.0 Å². The molecule has 0 aromatic heterocycles. The lowest BCUT2D eigenvalue weighted by molar-refractivity contribution is -0.106. The Morgan fingerprint density at radius 3 is 2.52 bits per heavy atom. The molecule has 1 aliphatic carbocycles. The average Bonchev–Trinajstić information content (AvgIpc) is 2.60. The Morgan fingerprint density at radius 2 is 1.92 bits per heavy atom. The maximum Gasteiger partial charge on any atom is 0.139 e. The molecule has 0 aliphatic heterocycles. The predicted octanol–water partition coefficient (Wildman–Crippen LogP) is 5.29. The Kier molecular flexibility index (Phi) is 6.36. The number of anilines is 1. The summed E-state index contributed by atoms with van der Waals surface area (Å²) < 4.78 is 0. The molecule has 1 aromatic carbocycles. The van der Waals surface area contributed by atoms with Gasteiger partial charge < -0.3 is 10.1 Å².